The monoisotopic (exact) mass is 180 g/mol. The fourth-order valence-corrected chi connectivity index (χ4v) is 1.02. The standard InChI is InChI=1S/C11H16O2/c1-4-9(3)13-11-7-10(12)6-5-8(11)2/h5-7,9,12H,4H2,1-3H3. The molecule has 0 fully saturated rings. The number of aromatic hydroxyl groups is 1. The first-order valence-corrected chi connectivity index (χ1v) is 4.59. The molecule has 1 N–H and O–H groups in total. The van der Waals surface area contributed by atoms with Crippen molar-refractivity contribution in [3.63, 3.8) is 0 Å². The van der Waals surface area contributed by atoms with E-state index in [4.69, 9.17) is 4.74 Å². The normalized spacial score (nSPS) is 12.5. The Labute approximate surface area is 79.2 Å². The average molecular weight is 180 g/mol. The van der Waals surface area contributed by atoms with Crippen LogP contribution in [0.2, 0.25) is 0 Å². The summed E-state index contributed by atoms with van der Waals surface area (Å²) in [5, 5.41) is 9.24. The minimum Gasteiger partial charge on any atom is -0.508 e. The van der Waals surface area contributed by atoms with Gasteiger partial charge >= 0.3 is 0 Å². The quantitative estimate of drug-likeness (QED) is 0.775. The van der Waals surface area contributed by atoms with E-state index in [9.17, 15) is 5.11 Å². The first-order chi connectivity index (χ1) is 6.13. The van der Waals surface area contributed by atoms with Gasteiger partial charge in [-0.25, -0.2) is 0 Å². The molecule has 0 saturated heterocycles. The van der Waals surface area contributed by atoms with E-state index in [1.807, 2.05) is 19.9 Å². The molecule has 0 radical (unpaired) electrons. The van der Waals surface area contributed by atoms with Gasteiger partial charge in [0.05, 0.1) is 6.10 Å². The van der Waals surface area contributed by atoms with E-state index in [0.29, 0.717) is 0 Å². The van der Waals surface area contributed by atoms with Crippen LogP contribution in [0.25, 0.3) is 0 Å². The number of phenols is 1. The van der Waals surface area contributed by atoms with Crippen LogP contribution in [0.3, 0.4) is 0 Å². The van der Waals surface area contributed by atoms with Gasteiger partial charge in [-0.2, -0.15) is 0 Å². The van der Waals surface area contributed by atoms with Crippen molar-refractivity contribution in [3.05, 3.63) is 23.8 Å². The van der Waals surface area contributed by atoms with Gasteiger partial charge in [0, 0.05) is 6.07 Å². The highest BCUT2D eigenvalue weighted by atomic mass is 16.5. The maximum absolute atomic E-state index is 9.24. The molecule has 0 aliphatic carbocycles. The van der Waals surface area contributed by atoms with E-state index in [2.05, 4.69) is 6.92 Å². The van der Waals surface area contributed by atoms with Crippen LogP contribution in [0.1, 0.15) is 25.8 Å². The summed E-state index contributed by atoms with van der Waals surface area (Å²) >= 11 is 0. The third kappa shape index (κ3) is 2.65. The van der Waals surface area contributed by atoms with Crippen LogP contribution in [0, 0.1) is 6.92 Å². The smallest absolute Gasteiger partial charge is 0.126 e. The van der Waals surface area contributed by atoms with Crippen molar-refractivity contribution < 1.29 is 9.84 Å². The molecular formula is C11H16O2. The van der Waals surface area contributed by atoms with Crippen molar-refractivity contribution in [2.24, 2.45) is 0 Å². The van der Waals surface area contributed by atoms with Gasteiger partial charge in [-0.1, -0.05) is 13.0 Å². The Morgan fingerprint density at radius 1 is 1.46 bits per heavy atom. The van der Waals surface area contributed by atoms with Crippen LogP contribution in [-0.2, 0) is 0 Å². The fourth-order valence-electron chi connectivity index (χ4n) is 1.02. The molecule has 0 aromatic heterocycles. The van der Waals surface area contributed by atoms with Crippen LogP contribution in [0.5, 0.6) is 11.5 Å². The largest absolute Gasteiger partial charge is 0.508 e. The average Bonchev–Trinajstić information content (AvgIpc) is 2.11. The highest BCUT2D eigenvalue weighted by Crippen LogP contribution is 2.24. The summed E-state index contributed by atoms with van der Waals surface area (Å²) < 4.78 is 5.62. The molecule has 0 bridgehead atoms. The molecule has 0 aliphatic rings. The van der Waals surface area contributed by atoms with Crippen molar-refractivity contribution >= 4 is 0 Å². The van der Waals surface area contributed by atoms with Gasteiger partial charge in [-0.15, -0.1) is 0 Å². The zero-order chi connectivity index (χ0) is 9.84. The molecule has 1 unspecified atom stereocenters. The predicted molar refractivity (Wildman–Crippen MR) is 53.2 cm³/mol. The Hall–Kier alpha value is -1.18. The fraction of sp³-hybridized carbons (Fsp3) is 0.455. The summed E-state index contributed by atoms with van der Waals surface area (Å²) in [6, 6.07) is 5.17. The van der Waals surface area contributed by atoms with E-state index in [1.54, 1.807) is 12.1 Å². The highest BCUT2D eigenvalue weighted by molar-refractivity contribution is 5.39. The molecule has 1 aromatic carbocycles. The van der Waals surface area contributed by atoms with Gasteiger partial charge in [-0.05, 0) is 31.9 Å². The van der Waals surface area contributed by atoms with E-state index in [-0.39, 0.29) is 11.9 Å². The molecule has 1 atom stereocenters. The SMILES string of the molecule is CCC(C)Oc1cc(O)ccc1C. The van der Waals surface area contributed by atoms with Crippen molar-refractivity contribution in [2.45, 2.75) is 33.3 Å². The Bertz CT molecular complexity index is 281. The molecule has 1 rings (SSSR count). The van der Waals surface area contributed by atoms with Gasteiger partial charge in [0.15, 0.2) is 0 Å². The summed E-state index contributed by atoms with van der Waals surface area (Å²) in [5.74, 6) is 1.03. The molecule has 0 aliphatic heterocycles. The molecule has 0 heterocycles. The number of ether oxygens (including phenoxy) is 1. The number of phenolic OH excluding ortho intramolecular Hbond substituents is 1. The van der Waals surface area contributed by atoms with Gasteiger partial charge in [0.25, 0.3) is 0 Å². The summed E-state index contributed by atoms with van der Waals surface area (Å²) in [6.07, 6.45) is 1.16. The zero-order valence-electron chi connectivity index (χ0n) is 8.37. The maximum atomic E-state index is 9.24. The van der Waals surface area contributed by atoms with Crippen molar-refractivity contribution in [2.75, 3.05) is 0 Å². The third-order valence-corrected chi connectivity index (χ3v) is 2.07. The van der Waals surface area contributed by atoms with E-state index < -0.39 is 0 Å². The number of aryl methyl sites for hydroxylation is 1. The minimum atomic E-state index is 0.195. The maximum Gasteiger partial charge on any atom is 0.126 e. The molecule has 0 spiro atoms. The second-order valence-electron chi connectivity index (χ2n) is 3.29. The Morgan fingerprint density at radius 3 is 2.77 bits per heavy atom. The lowest BCUT2D eigenvalue weighted by Crippen LogP contribution is -2.10. The van der Waals surface area contributed by atoms with Crippen LogP contribution in [0.4, 0.5) is 0 Å². The molecule has 72 valence electrons. The summed E-state index contributed by atoms with van der Waals surface area (Å²) in [6.45, 7) is 6.06. The first kappa shape index (κ1) is 9.90. The van der Waals surface area contributed by atoms with Crippen molar-refractivity contribution in [1.82, 2.24) is 0 Å². The first-order valence-electron chi connectivity index (χ1n) is 4.59. The molecule has 1 aromatic rings. The van der Waals surface area contributed by atoms with Gasteiger partial charge in [0.2, 0.25) is 0 Å². The Balaban J connectivity index is 2.81. The number of benzene rings is 1. The topological polar surface area (TPSA) is 29.5 Å². The second-order valence-corrected chi connectivity index (χ2v) is 3.29. The Morgan fingerprint density at radius 2 is 2.15 bits per heavy atom. The van der Waals surface area contributed by atoms with Gasteiger partial charge in [0.1, 0.15) is 11.5 Å². The molecule has 0 saturated carbocycles. The van der Waals surface area contributed by atoms with E-state index in [1.165, 1.54) is 0 Å². The minimum absolute atomic E-state index is 0.195. The third-order valence-electron chi connectivity index (χ3n) is 2.07. The predicted octanol–water partition coefficient (Wildman–Crippen LogP) is 2.88. The van der Waals surface area contributed by atoms with Crippen LogP contribution in [0.15, 0.2) is 18.2 Å². The molecule has 2 nitrogen and oxygen atoms in total. The molecule has 2 heteroatoms. The summed E-state index contributed by atoms with van der Waals surface area (Å²) in [5.41, 5.74) is 1.05. The van der Waals surface area contributed by atoms with Crippen molar-refractivity contribution in [3.8, 4) is 11.5 Å². The lowest BCUT2D eigenvalue weighted by molar-refractivity contribution is 0.215. The van der Waals surface area contributed by atoms with E-state index in [0.717, 1.165) is 17.7 Å². The van der Waals surface area contributed by atoms with Gasteiger partial charge in [-0.3, -0.25) is 0 Å². The molecule has 0 amide bonds. The Kier molecular flexibility index (Phi) is 3.18. The van der Waals surface area contributed by atoms with Gasteiger partial charge < -0.3 is 9.84 Å². The van der Waals surface area contributed by atoms with Crippen LogP contribution >= 0.6 is 0 Å². The highest BCUT2D eigenvalue weighted by Gasteiger charge is 2.04. The van der Waals surface area contributed by atoms with E-state index >= 15 is 0 Å². The van der Waals surface area contributed by atoms with Crippen LogP contribution < -0.4 is 4.74 Å². The van der Waals surface area contributed by atoms with Crippen LogP contribution in [-0.4, -0.2) is 11.2 Å². The summed E-state index contributed by atoms with van der Waals surface area (Å²) in [4.78, 5) is 0. The zero-order valence-corrected chi connectivity index (χ0v) is 8.37. The number of hydrogen-bond donors (Lipinski definition) is 1. The van der Waals surface area contributed by atoms with Crippen molar-refractivity contribution in [1.29, 1.82) is 0 Å². The number of hydrogen-bond acceptors (Lipinski definition) is 2. The molecular weight excluding hydrogens is 164 g/mol. The number of rotatable bonds is 3. The lowest BCUT2D eigenvalue weighted by atomic mass is 10.2. The molecule has 13 heavy (non-hydrogen) atoms. The second kappa shape index (κ2) is 4.17. The summed E-state index contributed by atoms with van der Waals surface area (Å²) in [7, 11) is 0. The lowest BCUT2D eigenvalue weighted by Gasteiger charge is -2.14.